The van der Waals surface area contributed by atoms with Crippen molar-refractivity contribution in [3.8, 4) is 0 Å². The van der Waals surface area contributed by atoms with Gasteiger partial charge in [-0.1, -0.05) is 20.8 Å². The lowest BCUT2D eigenvalue weighted by molar-refractivity contribution is 0.252. The number of hydrogen-bond acceptors (Lipinski definition) is 2. The fourth-order valence-electron chi connectivity index (χ4n) is 0.742. The molecule has 0 saturated heterocycles. The van der Waals surface area contributed by atoms with Gasteiger partial charge >= 0.3 is 0 Å². The monoisotopic (exact) mass is 145 g/mol. The Morgan fingerprint density at radius 1 is 1.30 bits per heavy atom. The van der Waals surface area contributed by atoms with Gasteiger partial charge in [-0.15, -0.1) is 0 Å². The highest BCUT2D eigenvalue weighted by molar-refractivity contribution is 4.57. The third-order valence-corrected chi connectivity index (χ3v) is 2.03. The smallest absolute Gasteiger partial charge is 0.0931 e. The predicted molar refractivity (Wildman–Crippen MR) is 43.7 cm³/mol. The molecular formula is C8H19NO. The summed E-state index contributed by atoms with van der Waals surface area (Å²) in [5.74, 6) is 1.50. The zero-order valence-electron chi connectivity index (χ0n) is 7.22. The lowest BCUT2D eigenvalue weighted by Crippen LogP contribution is -2.19. The highest BCUT2D eigenvalue weighted by atomic mass is 16.3. The Kier molecular flexibility index (Phi) is 5.64. The van der Waals surface area contributed by atoms with Gasteiger partial charge in [-0.05, 0) is 24.8 Å². The number of nitrogens with one attached hydrogen (secondary N) is 1. The van der Waals surface area contributed by atoms with Crippen LogP contribution in [0.1, 0.15) is 27.2 Å². The van der Waals surface area contributed by atoms with Crippen molar-refractivity contribution in [1.82, 2.24) is 5.32 Å². The lowest BCUT2D eigenvalue weighted by Gasteiger charge is -2.14. The fraction of sp³-hybridized carbons (Fsp3) is 1.00. The van der Waals surface area contributed by atoms with Gasteiger partial charge in [0.05, 0.1) is 6.73 Å². The minimum atomic E-state index is 0.102. The molecule has 0 heterocycles. The molecule has 62 valence electrons. The van der Waals surface area contributed by atoms with Crippen LogP contribution in [0.3, 0.4) is 0 Å². The van der Waals surface area contributed by atoms with Gasteiger partial charge in [0.2, 0.25) is 0 Å². The van der Waals surface area contributed by atoms with Crippen LogP contribution < -0.4 is 5.32 Å². The summed E-state index contributed by atoms with van der Waals surface area (Å²) in [5.41, 5.74) is 0. The first-order chi connectivity index (χ1) is 4.68. The first kappa shape index (κ1) is 9.92. The molecule has 0 aliphatic carbocycles. The molecule has 0 aromatic rings. The summed E-state index contributed by atoms with van der Waals surface area (Å²) >= 11 is 0. The van der Waals surface area contributed by atoms with Gasteiger partial charge in [-0.25, -0.2) is 0 Å². The molecule has 0 rings (SSSR count). The molecular weight excluding hydrogens is 126 g/mol. The van der Waals surface area contributed by atoms with Crippen LogP contribution in [0.4, 0.5) is 0 Å². The summed E-state index contributed by atoms with van der Waals surface area (Å²) < 4.78 is 0. The zero-order chi connectivity index (χ0) is 7.98. The maximum atomic E-state index is 8.41. The van der Waals surface area contributed by atoms with Crippen LogP contribution >= 0.6 is 0 Å². The maximum Gasteiger partial charge on any atom is 0.0931 e. The molecule has 0 fully saturated rings. The van der Waals surface area contributed by atoms with Crippen molar-refractivity contribution in [3.05, 3.63) is 0 Å². The number of aliphatic hydroxyl groups is 1. The van der Waals surface area contributed by atoms with E-state index in [0.29, 0.717) is 0 Å². The van der Waals surface area contributed by atoms with Gasteiger partial charge in [0, 0.05) is 0 Å². The van der Waals surface area contributed by atoms with Crippen molar-refractivity contribution in [2.75, 3.05) is 13.3 Å². The van der Waals surface area contributed by atoms with Crippen molar-refractivity contribution >= 4 is 0 Å². The average molecular weight is 145 g/mol. The Hall–Kier alpha value is -0.0800. The third-order valence-electron chi connectivity index (χ3n) is 2.03. The van der Waals surface area contributed by atoms with Crippen molar-refractivity contribution in [3.63, 3.8) is 0 Å². The molecule has 0 aromatic carbocycles. The van der Waals surface area contributed by atoms with E-state index >= 15 is 0 Å². The normalized spacial score (nSPS) is 14.1. The minimum absolute atomic E-state index is 0.102. The summed E-state index contributed by atoms with van der Waals surface area (Å²) in [5, 5.41) is 11.3. The van der Waals surface area contributed by atoms with E-state index in [2.05, 4.69) is 26.1 Å². The topological polar surface area (TPSA) is 32.3 Å². The summed E-state index contributed by atoms with van der Waals surface area (Å²) in [6, 6.07) is 0. The van der Waals surface area contributed by atoms with Gasteiger partial charge in [0.25, 0.3) is 0 Å². The minimum Gasteiger partial charge on any atom is -0.381 e. The van der Waals surface area contributed by atoms with Gasteiger partial charge in [-0.3, -0.25) is 5.32 Å². The van der Waals surface area contributed by atoms with Crippen LogP contribution in [0.5, 0.6) is 0 Å². The Morgan fingerprint density at radius 3 is 2.30 bits per heavy atom. The Labute approximate surface area is 63.6 Å². The van der Waals surface area contributed by atoms with Crippen LogP contribution in [0, 0.1) is 11.8 Å². The van der Waals surface area contributed by atoms with Gasteiger partial charge in [0.1, 0.15) is 0 Å². The average Bonchev–Trinajstić information content (AvgIpc) is 1.88. The molecule has 0 bridgehead atoms. The second-order valence-corrected chi connectivity index (χ2v) is 3.17. The highest BCUT2D eigenvalue weighted by Gasteiger charge is 2.04. The number of hydrogen-bond donors (Lipinski definition) is 2. The summed E-state index contributed by atoms with van der Waals surface area (Å²) in [4.78, 5) is 0. The third kappa shape index (κ3) is 4.77. The van der Waals surface area contributed by atoms with Crippen LogP contribution in [-0.2, 0) is 0 Å². The molecule has 1 atom stereocenters. The van der Waals surface area contributed by atoms with Crippen LogP contribution in [-0.4, -0.2) is 18.4 Å². The molecule has 0 aromatic heterocycles. The van der Waals surface area contributed by atoms with E-state index in [1.807, 2.05) is 0 Å². The summed E-state index contributed by atoms with van der Waals surface area (Å²) in [7, 11) is 0. The molecule has 0 saturated carbocycles. The molecule has 0 unspecified atom stereocenters. The second-order valence-electron chi connectivity index (χ2n) is 3.17. The summed E-state index contributed by atoms with van der Waals surface area (Å²) in [6.45, 7) is 7.72. The Morgan fingerprint density at radius 2 is 1.90 bits per heavy atom. The number of aliphatic hydroxyl groups excluding tert-OH is 1. The highest BCUT2D eigenvalue weighted by Crippen LogP contribution is 2.12. The van der Waals surface area contributed by atoms with Crippen molar-refractivity contribution < 1.29 is 5.11 Å². The van der Waals surface area contributed by atoms with E-state index in [1.54, 1.807) is 0 Å². The van der Waals surface area contributed by atoms with Gasteiger partial charge < -0.3 is 5.11 Å². The molecule has 0 aliphatic rings. The predicted octanol–water partition coefficient (Wildman–Crippen LogP) is 1.21. The fourth-order valence-corrected chi connectivity index (χ4v) is 0.742. The Balaban J connectivity index is 3.13. The maximum absolute atomic E-state index is 8.41. The first-order valence-corrected chi connectivity index (χ1v) is 4.00. The molecule has 2 N–H and O–H groups in total. The van der Waals surface area contributed by atoms with E-state index in [9.17, 15) is 0 Å². The van der Waals surface area contributed by atoms with Crippen molar-refractivity contribution in [2.24, 2.45) is 11.8 Å². The van der Waals surface area contributed by atoms with E-state index < -0.39 is 0 Å². The van der Waals surface area contributed by atoms with Crippen LogP contribution in [0.25, 0.3) is 0 Å². The van der Waals surface area contributed by atoms with Gasteiger partial charge in [-0.2, -0.15) is 0 Å². The van der Waals surface area contributed by atoms with Crippen molar-refractivity contribution in [2.45, 2.75) is 27.2 Å². The van der Waals surface area contributed by atoms with E-state index in [4.69, 9.17) is 5.11 Å². The van der Waals surface area contributed by atoms with Gasteiger partial charge in [0.15, 0.2) is 0 Å². The second kappa shape index (κ2) is 5.69. The quantitative estimate of drug-likeness (QED) is 0.450. The molecule has 0 amide bonds. The SMILES string of the molecule is CC(C)[C@@H](C)CCNCO. The van der Waals surface area contributed by atoms with E-state index in [0.717, 1.165) is 24.8 Å². The summed E-state index contributed by atoms with van der Waals surface area (Å²) in [6.07, 6.45) is 1.15. The molecule has 2 nitrogen and oxygen atoms in total. The zero-order valence-corrected chi connectivity index (χ0v) is 7.22. The van der Waals surface area contributed by atoms with Crippen LogP contribution in [0.15, 0.2) is 0 Å². The lowest BCUT2D eigenvalue weighted by atomic mass is 9.95. The number of rotatable bonds is 5. The standard InChI is InChI=1S/C8H19NO/c1-7(2)8(3)4-5-9-6-10/h7-10H,4-6H2,1-3H3/t8-/m0/s1. The molecule has 0 spiro atoms. The Bertz CT molecular complexity index is 73.7. The van der Waals surface area contributed by atoms with Crippen LogP contribution in [0.2, 0.25) is 0 Å². The molecule has 0 aliphatic heterocycles. The van der Waals surface area contributed by atoms with Crippen molar-refractivity contribution in [1.29, 1.82) is 0 Å². The molecule has 10 heavy (non-hydrogen) atoms. The largest absolute Gasteiger partial charge is 0.381 e. The molecule has 2 heteroatoms. The van der Waals surface area contributed by atoms with E-state index in [1.165, 1.54) is 0 Å². The van der Waals surface area contributed by atoms with E-state index in [-0.39, 0.29) is 6.73 Å². The first-order valence-electron chi connectivity index (χ1n) is 4.00. The molecule has 0 radical (unpaired) electrons.